The van der Waals surface area contributed by atoms with Crippen LogP contribution in [0.5, 0.6) is 0 Å². The van der Waals surface area contributed by atoms with Crippen molar-refractivity contribution < 1.29 is 19.1 Å². The lowest BCUT2D eigenvalue weighted by molar-refractivity contribution is -0.115. The van der Waals surface area contributed by atoms with Gasteiger partial charge in [-0.05, 0) is 55.8 Å². The SMILES string of the molecule is CC(C)(C)OC(=O)NCC(=O)Nc1cccc(NC(=O)c2cccc3ccccc23)c1. The van der Waals surface area contributed by atoms with Crippen molar-refractivity contribution in [2.75, 3.05) is 17.2 Å². The van der Waals surface area contributed by atoms with Crippen molar-refractivity contribution in [3.8, 4) is 0 Å². The number of carbonyl (C=O) groups excluding carboxylic acids is 3. The molecule has 0 saturated heterocycles. The van der Waals surface area contributed by atoms with Gasteiger partial charge in [0.2, 0.25) is 5.91 Å². The fraction of sp³-hybridized carbons (Fsp3) is 0.208. The summed E-state index contributed by atoms with van der Waals surface area (Å²) in [6.07, 6.45) is -0.668. The molecule has 3 N–H and O–H groups in total. The van der Waals surface area contributed by atoms with Gasteiger partial charge in [0.25, 0.3) is 5.91 Å². The molecule has 0 bridgehead atoms. The monoisotopic (exact) mass is 419 g/mol. The molecule has 3 amide bonds. The molecule has 0 radical (unpaired) electrons. The number of benzene rings is 3. The van der Waals surface area contributed by atoms with Gasteiger partial charge in [0.15, 0.2) is 0 Å². The van der Waals surface area contributed by atoms with Crippen molar-refractivity contribution in [3.63, 3.8) is 0 Å². The summed E-state index contributed by atoms with van der Waals surface area (Å²) < 4.78 is 5.10. The van der Waals surface area contributed by atoms with Crippen molar-refractivity contribution in [1.82, 2.24) is 5.32 Å². The van der Waals surface area contributed by atoms with E-state index in [0.29, 0.717) is 16.9 Å². The highest BCUT2D eigenvalue weighted by atomic mass is 16.6. The molecule has 0 aliphatic heterocycles. The molecule has 7 heteroatoms. The van der Waals surface area contributed by atoms with Gasteiger partial charge in [0, 0.05) is 16.9 Å². The molecule has 7 nitrogen and oxygen atoms in total. The van der Waals surface area contributed by atoms with Crippen LogP contribution < -0.4 is 16.0 Å². The van der Waals surface area contributed by atoms with Gasteiger partial charge in [0.1, 0.15) is 12.1 Å². The third-order valence-electron chi connectivity index (χ3n) is 4.23. The minimum absolute atomic E-state index is 0.235. The lowest BCUT2D eigenvalue weighted by Crippen LogP contribution is -2.37. The van der Waals surface area contributed by atoms with Gasteiger partial charge in [-0.25, -0.2) is 4.79 Å². The quantitative estimate of drug-likeness (QED) is 0.565. The van der Waals surface area contributed by atoms with Crippen LogP contribution >= 0.6 is 0 Å². The van der Waals surface area contributed by atoms with Gasteiger partial charge in [-0.1, -0.05) is 42.5 Å². The van der Waals surface area contributed by atoms with Crippen LogP contribution in [0.4, 0.5) is 16.2 Å². The maximum absolute atomic E-state index is 12.8. The minimum atomic E-state index is -0.668. The largest absolute Gasteiger partial charge is 0.444 e. The second kappa shape index (κ2) is 9.30. The Bertz CT molecular complexity index is 1110. The number of nitrogens with one attached hydrogen (secondary N) is 3. The Labute approximate surface area is 180 Å². The number of rotatable bonds is 5. The Morgan fingerprint density at radius 2 is 1.48 bits per heavy atom. The van der Waals surface area contributed by atoms with E-state index in [2.05, 4.69) is 16.0 Å². The third kappa shape index (κ3) is 6.30. The van der Waals surface area contributed by atoms with E-state index in [1.54, 1.807) is 51.1 Å². The molecule has 0 spiro atoms. The van der Waals surface area contributed by atoms with E-state index in [0.717, 1.165) is 10.8 Å². The number of anilines is 2. The van der Waals surface area contributed by atoms with Gasteiger partial charge in [-0.3, -0.25) is 9.59 Å². The molecule has 0 aliphatic rings. The first-order chi connectivity index (χ1) is 14.7. The van der Waals surface area contributed by atoms with Crippen LogP contribution in [0.3, 0.4) is 0 Å². The highest BCUT2D eigenvalue weighted by Crippen LogP contribution is 2.21. The number of hydrogen-bond donors (Lipinski definition) is 3. The average molecular weight is 419 g/mol. The molecular formula is C24H25N3O4. The number of carbonyl (C=O) groups is 3. The van der Waals surface area contributed by atoms with E-state index in [9.17, 15) is 14.4 Å². The van der Waals surface area contributed by atoms with Crippen molar-refractivity contribution in [2.45, 2.75) is 26.4 Å². The summed E-state index contributed by atoms with van der Waals surface area (Å²) >= 11 is 0. The Hall–Kier alpha value is -3.87. The zero-order valence-electron chi connectivity index (χ0n) is 17.7. The molecule has 3 aromatic rings. The van der Waals surface area contributed by atoms with Crippen LogP contribution in [-0.2, 0) is 9.53 Å². The third-order valence-corrected chi connectivity index (χ3v) is 4.23. The fourth-order valence-electron chi connectivity index (χ4n) is 2.97. The predicted octanol–water partition coefficient (Wildman–Crippen LogP) is 4.56. The fourth-order valence-corrected chi connectivity index (χ4v) is 2.97. The molecule has 0 saturated carbocycles. The van der Waals surface area contributed by atoms with E-state index < -0.39 is 17.6 Å². The van der Waals surface area contributed by atoms with Crippen LogP contribution in [0.2, 0.25) is 0 Å². The molecule has 31 heavy (non-hydrogen) atoms. The van der Waals surface area contributed by atoms with Gasteiger partial charge < -0.3 is 20.7 Å². The highest BCUT2D eigenvalue weighted by Gasteiger charge is 2.16. The van der Waals surface area contributed by atoms with Crippen molar-refractivity contribution >= 4 is 40.1 Å². The zero-order valence-corrected chi connectivity index (χ0v) is 17.7. The maximum atomic E-state index is 12.8. The highest BCUT2D eigenvalue weighted by molar-refractivity contribution is 6.13. The smallest absolute Gasteiger partial charge is 0.408 e. The molecule has 3 rings (SSSR count). The Morgan fingerprint density at radius 3 is 2.23 bits per heavy atom. The molecule has 0 aliphatic carbocycles. The molecule has 3 aromatic carbocycles. The molecule has 0 fully saturated rings. The Morgan fingerprint density at radius 1 is 0.839 bits per heavy atom. The normalized spacial score (nSPS) is 10.9. The molecule has 0 unspecified atom stereocenters. The summed E-state index contributed by atoms with van der Waals surface area (Å²) in [5.74, 6) is -0.657. The van der Waals surface area contributed by atoms with E-state index in [1.807, 2.05) is 36.4 Å². The van der Waals surface area contributed by atoms with Gasteiger partial charge in [0.05, 0.1) is 0 Å². The first-order valence-corrected chi connectivity index (χ1v) is 9.87. The van der Waals surface area contributed by atoms with Crippen LogP contribution in [0.15, 0.2) is 66.7 Å². The first-order valence-electron chi connectivity index (χ1n) is 9.87. The summed E-state index contributed by atoms with van der Waals surface area (Å²) in [6, 6.07) is 20.0. The van der Waals surface area contributed by atoms with Gasteiger partial charge >= 0.3 is 6.09 Å². The van der Waals surface area contributed by atoms with Crippen LogP contribution in [-0.4, -0.2) is 30.1 Å². The Balaban J connectivity index is 1.62. The summed E-state index contributed by atoms with van der Waals surface area (Å²) in [7, 11) is 0. The minimum Gasteiger partial charge on any atom is -0.444 e. The van der Waals surface area contributed by atoms with E-state index in [4.69, 9.17) is 4.74 Å². The maximum Gasteiger partial charge on any atom is 0.408 e. The van der Waals surface area contributed by atoms with Crippen LogP contribution in [0, 0.1) is 0 Å². The average Bonchev–Trinajstić information content (AvgIpc) is 2.71. The van der Waals surface area contributed by atoms with Crippen LogP contribution in [0.25, 0.3) is 10.8 Å². The summed E-state index contributed by atoms with van der Waals surface area (Å²) in [6.45, 7) is 4.99. The summed E-state index contributed by atoms with van der Waals surface area (Å²) in [5, 5.41) is 9.79. The van der Waals surface area contributed by atoms with Crippen LogP contribution in [0.1, 0.15) is 31.1 Å². The topological polar surface area (TPSA) is 96.5 Å². The van der Waals surface area contributed by atoms with Gasteiger partial charge in [-0.2, -0.15) is 0 Å². The number of fused-ring (bicyclic) bond motifs is 1. The second-order valence-electron chi connectivity index (χ2n) is 7.97. The summed E-state index contributed by atoms with van der Waals surface area (Å²) in [5.41, 5.74) is 0.952. The lowest BCUT2D eigenvalue weighted by atomic mass is 10.0. The van der Waals surface area contributed by atoms with Gasteiger partial charge in [-0.15, -0.1) is 0 Å². The predicted molar refractivity (Wildman–Crippen MR) is 121 cm³/mol. The number of ether oxygens (including phenoxy) is 1. The molecular weight excluding hydrogens is 394 g/mol. The van der Waals surface area contributed by atoms with Crippen molar-refractivity contribution in [2.24, 2.45) is 0 Å². The van der Waals surface area contributed by atoms with E-state index >= 15 is 0 Å². The molecule has 0 aromatic heterocycles. The molecule has 0 heterocycles. The molecule has 0 atom stereocenters. The summed E-state index contributed by atoms with van der Waals surface area (Å²) in [4.78, 5) is 36.6. The second-order valence-corrected chi connectivity index (χ2v) is 7.97. The molecule has 160 valence electrons. The number of amides is 3. The zero-order chi connectivity index (χ0) is 22.4. The van der Waals surface area contributed by atoms with E-state index in [1.165, 1.54) is 0 Å². The standard InChI is InChI=1S/C24H25N3O4/c1-24(2,3)31-23(30)25-15-21(28)26-17-10-7-11-18(14-17)27-22(29)20-13-6-9-16-8-4-5-12-19(16)20/h4-14H,15H2,1-3H3,(H,25,30)(H,26,28)(H,27,29). The number of hydrogen-bond acceptors (Lipinski definition) is 4. The first kappa shape index (κ1) is 21.8. The van der Waals surface area contributed by atoms with Crippen molar-refractivity contribution in [1.29, 1.82) is 0 Å². The van der Waals surface area contributed by atoms with E-state index in [-0.39, 0.29) is 12.5 Å². The van der Waals surface area contributed by atoms with Crippen molar-refractivity contribution in [3.05, 3.63) is 72.3 Å². The Kier molecular flexibility index (Phi) is 6.55. The number of alkyl carbamates (subject to hydrolysis) is 1. The lowest BCUT2D eigenvalue weighted by Gasteiger charge is -2.19.